The van der Waals surface area contributed by atoms with Crippen LogP contribution >= 0.6 is 37.0 Å². The summed E-state index contributed by atoms with van der Waals surface area (Å²) in [5.74, 6) is -0.791. The Bertz CT molecular complexity index is 794. The number of thiol groups is 2. The summed E-state index contributed by atoms with van der Waals surface area (Å²) < 4.78 is 15.1. The Balaban J connectivity index is 1.86. The molecule has 1 aromatic carbocycles. The first kappa shape index (κ1) is 28.0. The van der Waals surface area contributed by atoms with Gasteiger partial charge in [-0.25, -0.2) is 4.79 Å². The number of ketones is 1. The van der Waals surface area contributed by atoms with Crippen molar-refractivity contribution in [1.82, 2.24) is 4.90 Å². The van der Waals surface area contributed by atoms with E-state index in [1.54, 1.807) is 12.1 Å². The lowest BCUT2D eigenvalue weighted by molar-refractivity contribution is -0.156. The van der Waals surface area contributed by atoms with Gasteiger partial charge in [0.25, 0.3) is 0 Å². The predicted octanol–water partition coefficient (Wildman–Crippen LogP) is 3.51. The lowest BCUT2D eigenvalue weighted by Crippen LogP contribution is -2.54. The molecule has 0 N–H and O–H groups in total. The van der Waals surface area contributed by atoms with Crippen LogP contribution in [0.5, 0.6) is 0 Å². The Hall–Kier alpha value is -1.20. The van der Waals surface area contributed by atoms with Gasteiger partial charge in [-0.15, -0.1) is 11.8 Å². The van der Waals surface area contributed by atoms with Crippen LogP contribution < -0.4 is 0 Å². The Morgan fingerprint density at radius 3 is 2.36 bits per heavy atom. The minimum atomic E-state index is -0.826. The molecule has 0 saturated carbocycles. The summed E-state index contributed by atoms with van der Waals surface area (Å²) in [7, 11) is 0. The SMILES string of the molecule is CCCC(COC(=O)C(S)S)OC(=O)CSc1ccc(C(=O)C(C)(C)N2CCOCC2)cc1. The second-order valence-corrected chi connectivity index (χ2v) is 10.7. The van der Waals surface area contributed by atoms with E-state index in [0.717, 1.165) is 24.4 Å². The molecule has 1 atom stereocenters. The molecule has 1 saturated heterocycles. The zero-order valence-corrected chi connectivity index (χ0v) is 21.9. The van der Waals surface area contributed by atoms with E-state index in [-0.39, 0.29) is 18.1 Å². The average Bonchev–Trinajstić information content (AvgIpc) is 2.81. The number of ether oxygens (including phenoxy) is 3. The van der Waals surface area contributed by atoms with E-state index in [4.69, 9.17) is 14.2 Å². The second kappa shape index (κ2) is 13.6. The number of carbonyl (C=O) groups is 3. The lowest BCUT2D eigenvalue weighted by Gasteiger charge is -2.39. The average molecular weight is 516 g/mol. The van der Waals surface area contributed by atoms with Crippen molar-refractivity contribution in [2.75, 3.05) is 38.7 Å². The number of morpholine rings is 1. The van der Waals surface area contributed by atoms with E-state index >= 15 is 0 Å². The van der Waals surface area contributed by atoms with Crippen molar-refractivity contribution < 1.29 is 28.6 Å². The fraction of sp³-hybridized carbons (Fsp3) is 0.609. The maximum absolute atomic E-state index is 13.1. The van der Waals surface area contributed by atoms with Gasteiger partial charge in [0.05, 0.1) is 24.5 Å². The van der Waals surface area contributed by atoms with Crippen LogP contribution in [-0.2, 0) is 23.8 Å². The Kier molecular flexibility index (Phi) is 11.6. The number of esters is 2. The molecule has 1 unspecified atom stereocenters. The third-order valence-electron chi connectivity index (χ3n) is 5.36. The third-order valence-corrected chi connectivity index (χ3v) is 6.77. The first-order valence-electron chi connectivity index (χ1n) is 11.0. The van der Waals surface area contributed by atoms with Gasteiger partial charge in [-0.05, 0) is 32.4 Å². The largest absolute Gasteiger partial charge is 0.460 e. The summed E-state index contributed by atoms with van der Waals surface area (Å²) >= 11 is 9.14. The van der Waals surface area contributed by atoms with Crippen LogP contribution in [0.15, 0.2) is 29.2 Å². The third kappa shape index (κ3) is 8.83. The molecule has 33 heavy (non-hydrogen) atoms. The van der Waals surface area contributed by atoms with Crippen molar-refractivity contribution in [3.8, 4) is 0 Å². The normalized spacial score (nSPS) is 15.8. The molecule has 0 radical (unpaired) electrons. The van der Waals surface area contributed by atoms with Gasteiger partial charge >= 0.3 is 11.9 Å². The highest BCUT2D eigenvalue weighted by molar-refractivity contribution is 8.00. The highest BCUT2D eigenvalue weighted by Gasteiger charge is 2.35. The minimum absolute atomic E-state index is 0.0174. The molecule has 1 heterocycles. The maximum Gasteiger partial charge on any atom is 0.328 e. The smallest absolute Gasteiger partial charge is 0.328 e. The van der Waals surface area contributed by atoms with Crippen LogP contribution in [0, 0.1) is 0 Å². The second-order valence-electron chi connectivity index (χ2n) is 8.20. The van der Waals surface area contributed by atoms with E-state index in [2.05, 4.69) is 30.2 Å². The molecule has 0 aromatic heterocycles. The van der Waals surface area contributed by atoms with Gasteiger partial charge in [0.15, 0.2) is 5.78 Å². The standard InChI is InChI=1S/C23H33NO6S3/c1-4-5-17(14-29-21(27)22(31)32)30-19(25)15-33-18-8-6-16(7-9-18)20(26)23(2,3)24-10-12-28-13-11-24/h6-9,17,22,31-32H,4-5,10-15H2,1-3H3. The highest BCUT2D eigenvalue weighted by Crippen LogP contribution is 2.24. The van der Waals surface area contributed by atoms with Gasteiger partial charge < -0.3 is 14.2 Å². The van der Waals surface area contributed by atoms with Gasteiger partial charge in [-0.2, -0.15) is 25.3 Å². The molecule has 0 spiro atoms. The monoisotopic (exact) mass is 515 g/mol. The summed E-state index contributed by atoms with van der Waals surface area (Å²) in [4.78, 5) is 39.9. The van der Waals surface area contributed by atoms with Crippen molar-refractivity contribution in [2.45, 2.75) is 54.7 Å². The van der Waals surface area contributed by atoms with Crippen molar-refractivity contribution in [3.05, 3.63) is 29.8 Å². The summed E-state index contributed by atoms with van der Waals surface area (Å²) in [6, 6.07) is 7.27. The number of Topliss-reactive ketones (excluding diaryl/α,β-unsaturated/α-hetero) is 1. The number of benzene rings is 1. The molecular formula is C23H33NO6S3. The summed E-state index contributed by atoms with van der Waals surface area (Å²) in [5.41, 5.74) is 0.0230. The molecule has 1 aliphatic rings. The van der Waals surface area contributed by atoms with Gasteiger partial charge in [-0.3, -0.25) is 14.5 Å². The molecule has 0 aliphatic carbocycles. The number of nitrogens with zero attached hydrogens (tertiary/aromatic N) is 1. The van der Waals surface area contributed by atoms with Gasteiger partial charge in [0.1, 0.15) is 17.3 Å². The Morgan fingerprint density at radius 2 is 1.79 bits per heavy atom. The fourth-order valence-electron chi connectivity index (χ4n) is 3.43. The first-order chi connectivity index (χ1) is 15.6. The zero-order valence-electron chi connectivity index (χ0n) is 19.3. The molecule has 0 amide bonds. The molecule has 7 nitrogen and oxygen atoms in total. The van der Waals surface area contributed by atoms with E-state index < -0.39 is 28.2 Å². The number of hydrogen-bond donors (Lipinski definition) is 2. The summed E-state index contributed by atoms with van der Waals surface area (Å²) in [6.45, 7) is 8.56. The number of hydrogen-bond acceptors (Lipinski definition) is 10. The van der Waals surface area contributed by atoms with Crippen molar-refractivity contribution in [3.63, 3.8) is 0 Å². The molecule has 184 valence electrons. The topological polar surface area (TPSA) is 82.1 Å². The molecule has 2 rings (SSSR count). The number of rotatable bonds is 12. The number of carbonyl (C=O) groups excluding carboxylic acids is 3. The van der Waals surface area contributed by atoms with Gasteiger partial charge in [0, 0.05) is 23.5 Å². The fourth-order valence-corrected chi connectivity index (χ4v) is 4.26. The quantitative estimate of drug-likeness (QED) is 0.144. The summed E-state index contributed by atoms with van der Waals surface area (Å²) in [5, 5.41) is 0. The van der Waals surface area contributed by atoms with Crippen LogP contribution in [0.3, 0.4) is 0 Å². The van der Waals surface area contributed by atoms with E-state index in [0.29, 0.717) is 25.2 Å². The number of thioether (sulfide) groups is 1. The first-order valence-corrected chi connectivity index (χ1v) is 13.0. The highest BCUT2D eigenvalue weighted by atomic mass is 32.2. The van der Waals surface area contributed by atoms with Crippen LogP contribution in [0.2, 0.25) is 0 Å². The van der Waals surface area contributed by atoms with E-state index in [1.807, 2.05) is 32.9 Å². The molecule has 10 heteroatoms. The Labute approximate surface area is 211 Å². The van der Waals surface area contributed by atoms with Gasteiger partial charge in [-0.1, -0.05) is 25.5 Å². The molecule has 0 bridgehead atoms. The molecule has 1 fully saturated rings. The maximum atomic E-state index is 13.1. The van der Waals surface area contributed by atoms with Crippen molar-refractivity contribution in [1.29, 1.82) is 0 Å². The lowest BCUT2D eigenvalue weighted by atomic mass is 9.91. The molecule has 1 aliphatic heterocycles. The van der Waals surface area contributed by atoms with E-state index in [1.165, 1.54) is 11.8 Å². The van der Waals surface area contributed by atoms with Crippen molar-refractivity contribution >= 4 is 54.7 Å². The predicted molar refractivity (Wildman–Crippen MR) is 135 cm³/mol. The summed E-state index contributed by atoms with van der Waals surface area (Å²) in [6.07, 6.45) is 0.864. The van der Waals surface area contributed by atoms with Crippen LogP contribution in [0.4, 0.5) is 0 Å². The van der Waals surface area contributed by atoms with Crippen LogP contribution in [0.25, 0.3) is 0 Å². The molecule has 1 aromatic rings. The zero-order chi connectivity index (χ0) is 24.4. The van der Waals surface area contributed by atoms with Crippen molar-refractivity contribution in [2.24, 2.45) is 0 Å². The molecular weight excluding hydrogens is 482 g/mol. The minimum Gasteiger partial charge on any atom is -0.460 e. The van der Waals surface area contributed by atoms with Crippen LogP contribution in [0.1, 0.15) is 44.0 Å². The van der Waals surface area contributed by atoms with Crippen LogP contribution in [-0.4, -0.2) is 77.5 Å². The Morgan fingerprint density at radius 1 is 1.15 bits per heavy atom. The van der Waals surface area contributed by atoms with Gasteiger partial charge in [0.2, 0.25) is 0 Å². The van der Waals surface area contributed by atoms with E-state index in [9.17, 15) is 14.4 Å².